The molecule has 23 heavy (non-hydrogen) atoms. The lowest BCUT2D eigenvalue weighted by Gasteiger charge is -2.19. The fourth-order valence-electron chi connectivity index (χ4n) is 2.00. The lowest BCUT2D eigenvalue weighted by molar-refractivity contribution is -0.0149. The third-order valence-electron chi connectivity index (χ3n) is 3.14. The van der Waals surface area contributed by atoms with Crippen molar-refractivity contribution >= 4 is 11.6 Å². The summed E-state index contributed by atoms with van der Waals surface area (Å²) >= 11 is 0. The molecule has 0 heterocycles. The van der Waals surface area contributed by atoms with Crippen molar-refractivity contribution in [2.45, 2.75) is 39.5 Å². The quantitative estimate of drug-likeness (QED) is 0.650. The van der Waals surface area contributed by atoms with Crippen molar-refractivity contribution in [2.75, 3.05) is 5.32 Å². The van der Waals surface area contributed by atoms with Gasteiger partial charge in [-0.05, 0) is 44.0 Å². The molecule has 0 bridgehead atoms. The minimum absolute atomic E-state index is 0.141. The van der Waals surface area contributed by atoms with Crippen LogP contribution in [0, 0.1) is 0 Å². The molecule has 0 unspecified atom stereocenters. The molecule has 4 nitrogen and oxygen atoms in total. The molecule has 2 rings (SSSR count). The van der Waals surface area contributed by atoms with Gasteiger partial charge in [0.2, 0.25) is 0 Å². The van der Waals surface area contributed by atoms with Gasteiger partial charge in [-0.15, -0.1) is 0 Å². The summed E-state index contributed by atoms with van der Waals surface area (Å²) in [6.07, 6.45) is 0. The maximum atomic E-state index is 5.92. The smallest absolute Gasteiger partial charge is 0.193 e. The average Bonchev–Trinajstić information content (AvgIpc) is 2.52. The van der Waals surface area contributed by atoms with Crippen LogP contribution in [-0.4, -0.2) is 11.6 Å². The molecule has 0 aliphatic carbocycles. The number of aliphatic imine (C=N–C) groups is 1. The number of hydrogen-bond acceptors (Lipinski definition) is 2. The first kappa shape index (κ1) is 17.0. The Morgan fingerprint density at radius 2 is 1.74 bits per heavy atom. The summed E-state index contributed by atoms with van der Waals surface area (Å²) in [4.78, 5) is 4.38. The van der Waals surface area contributed by atoms with Gasteiger partial charge in [0.25, 0.3) is 0 Å². The van der Waals surface area contributed by atoms with E-state index in [4.69, 9.17) is 10.5 Å². The van der Waals surface area contributed by atoms with E-state index in [0.29, 0.717) is 19.1 Å². The van der Waals surface area contributed by atoms with Gasteiger partial charge in [-0.1, -0.05) is 42.5 Å². The summed E-state index contributed by atoms with van der Waals surface area (Å²) < 4.78 is 5.80. The minimum Gasteiger partial charge on any atom is -0.371 e. The molecule has 4 heteroatoms. The van der Waals surface area contributed by atoms with Gasteiger partial charge in [-0.2, -0.15) is 0 Å². The first-order valence-corrected chi connectivity index (χ1v) is 7.76. The average molecular weight is 311 g/mol. The zero-order valence-corrected chi connectivity index (χ0v) is 14.0. The molecule has 0 saturated carbocycles. The molecule has 0 aromatic heterocycles. The van der Waals surface area contributed by atoms with Crippen molar-refractivity contribution in [1.82, 2.24) is 0 Å². The van der Waals surface area contributed by atoms with Crippen LogP contribution in [0.25, 0.3) is 0 Å². The number of hydrogen-bond donors (Lipinski definition) is 2. The molecule has 0 saturated heterocycles. The SMILES string of the molecule is CC(C)(C)OCc1cccc(CN=C(N)Nc2ccccc2)c1. The second-order valence-electron chi connectivity index (χ2n) is 6.41. The van der Waals surface area contributed by atoms with Crippen LogP contribution in [0.5, 0.6) is 0 Å². The van der Waals surface area contributed by atoms with Gasteiger partial charge in [-0.25, -0.2) is 4.99 Å². The van der Waals surface area contributed by atoms with Gasteiger partial charge in [0, 0.05) is 5.69 Å². The zero-order valence-electron chi connectivity index (χ0n) is 14.0. The number of benzene rings is 2. The van der Waals surface area contributed by atoms with E-state index >= 15 is 0 Å². The molecule has 2 aromatic carbocycles. The van der Waals surface area contributed by atoms with Crippen molar-refractivity contribution in [3.63, 3.8) is 0 Å². The van der Waals surface area contributed by atoms with Gasteiger partial charge < -0.3 is 15.8 Å². The minimum atomic E-state index is -0.141. The van der Waals surface area contributed by atoms with E-state index in [9.17, 15) is 0 Å². The standard InChI is InChI=1S/C19H25N3O/c1-19(2,3)23-14-16-9-7-8-15(12-16)13-21-18(20)22-17-10-5-4-6-11-17/h4-12H,13-14H2,1-3H3,(H3,20,21,22). The Balaban J connectivity index is 1.93. The topological polar surface area (TPSA) is 59.6 Å². The molecule has 0 amide bonds. The fourth-order valence-corrected chi connectivity index (χ4v) is 2.00. The Kier molecular flexibility index (Phi) is 5.77. The van der Waals surface area contributed by atoms with Crippen molar-refractivity contribution in [3.05, 3.63) is 65.7 Å². The molecule has 122 valence electrons. The highest BCUT2D eigenvalue weighted by atomic mass is 16.5. The van der Waals surface area contributed by atoms with E-state index in [1.165, 1.54) is 0 Å². The molecule has 0 radical (unpaired) electrons. The number of nitrogens with one attached hydrogen (secondary N) is 1. The first-order valence-electron chi connectivity index (χ1n) is 7.76. The van der Waals surface area contributed by atoms with Crippen LogP contribution in [0.2, 0.25) is 0 Å². The number of anilines is 1. The highest BCUT2D eigenvalue weighted by molar-refractivity contribution is 5.92. The van der Waals surface area contributed by atoms with Crippen LogP contribution in [0.1, 0.15) is 31.9 Å². The number of guanidine groups is 1. The Morgan fingerprint density at radius 1 is 1.04 bits per heavy atom. The van der Waals surface area contributed by atoms with Gasteiger partial charge in [-0.3, -0.25) is 0 Å². The predicted molar refractivity (Wildman–Crippen MR) is 96.4 cm³/mol. The second-order valence-corrected chi connectivity index (χ2v) is 6.41. The van der Waals surface area contributed by atoms with Crippen molar-refractivity contribution in [3.8, 4) is 0 Å². The van der Waals surface area contributed by atoms with Gasteiger partial charge in [0.05, 0.1) is 18.8 Å². The number of rotatable bonds is 5. The molecular formula is C19H25N3O. The molecule has 2 aromatic rings. The van der Waals surface area contributed by atoms with E-state index in [2.05, 4.69) is 43.2 Å². The normalized spacial score (nSPS) is 12.2. The van der Waals surface area contributed by atoms with Crippen molar-refractivity contribution in [2.24, 2.45) is 10.7 Å². The van der Waals surface area contributed by atoms with Crippen LogP contribution in [0.4, 0.5) is 5.69 Å². The molecule has 0 fully saturated rings. The Labute approximate surface area is 138 Å². The van der Waals surface area contributed by atoms with E-state index < -0.39 is 0 Å². The maximum Gasteiger partial charge on any atom is 0.193 e. The van der Waals surface area contributed by atoms with Crippen LogP contribution >= 0.6 is 0 Å². The second kappa shape index (κ2) is 7.79. The molecule has 3 N–H and O–H groups in total. The third kappa shape index (κ3) is 6.53. The fraction of sp³-hybridized carbons (Fsp3) is 0.316. The Morgan fingerprint density at radius 3 is 2.43 bits per heavy atom. The zero-order chi connectivity index (χ0) is 16.7. The lowest BCUT2D eigenvalue weighted by atomic mass is 10.1. The summed E-state index contributed by atoms with van der Waals surface area (Å²) in [6.45, 7) is 7.29. The van der Waals surface area contributed by atoms with E-state index in [-0.39, 0.29) is 5.60 Å². The molecule has 0 spiro atoms. The maximum absolute atomic E-state index is 5.92. The van der Waals surface area contributed by atoms with E-state index in [1.54, 1.807) is 0 Å². The van der Waals surface area contributed by atoms with Crippen LogP contribution in [0.15, 0.2) is 59.6 Å². The first-order chi connectivity index (χ1) is 10.9. The highest BCUT2D eigenvalue weighted by Gasteiger charge is 2.10. The third-order valence-corrected chi connectivity index (χ3v) is 3.14. The van der Waals surface area contributed by atoms with Crippen LogP contribution < -0.4 is 11.1 Å². The van der Waals surface area contributed by atoms with Gasteiger partial charge in [0.15, 0.2) is 5.96 Å². The molecular weight excluding hydrogens is 286 g/mol. The van der Waals surface area contributed by atoms with Gasteiger partial charge >= 0.3 is 0 Å². The number of ether oxygens (including phenoxy) is 1. The van der Waals surface area contributed by atoms with E-state index in [0.717, 1.165) is 16.8 Å². The molecule has 0 atom stereocenters. The Bertz CT molecular complexity index is 645. The number of para-hydroxylation sites is 1. The van der Waals surface area contributed by atoms with E-state index in [1.807, 2.05) is 42.5 Å². The highest BCUT2D eigenvalue weighted by Crippen LogP contribution is 2.13. The van der Waals surface area contributed by atoms with Crippen molar-refractivity contribution < 1.29 is 4.74 Å². The summed E-state index contributed by atoms with van der Waals surface area (Å²) in [5.74, 6) is 0.410. The largest absolute Gasteiger partial charge is 0.371 e. The summed E-state index contributed by atoms with van der Waals surface area (Å²) in [5.41, 5.74) is 8.96. The molecule has 0 aliphatic heterocycles. The Hall–Kier alpha value is -2.33. The summed E-state index contributed by atoms with van der Waals surface area (Å²) in [6, 6.07) is 18.0. The van der Waals surface area contributed by atoms with Crippen LogP contribution in [-0.2, 0) is 17.9 Å². The number of nitrogens with two attached hydrogens (primary N) is 1. The predicted octanol–water partition coefficient (Wildman–Crippen LogP) is 3.93. The lowest BCUT2D eigenvalue weighted by Crippen LogP contribution is -2.22. The number of nitrogens with zero attached hydrogens (tertiary/aromatic N) is 1. The van der Waals surface area contributed by atoms with Crippen molar-refractivity contribution in [1.29, 1.82) is 0 Å². The summed E-state index contributed by atoms with van der Waals surface area (Å²) in [7, 11) is 0. The summed E-state index contributed by atoms with van der Waals surface area (Å²) in [5, 5.41) is 3.07. The molecule has 0 aliphatic rings. The van der Waals surface area contributed by atoms with Crippen LogP contribution in [0.3, 0.4) is 0 Å². The van der Waals surface area contributed by atoms with Gasteiger partial charge in [0.1, 0.15) is 0 Å². The monoisotopic (exact) mass is 311 g/mol.